The van der Waals surface area contributed by atoms with Gasteiger partial charge >= 0.3 is 0 Å². The molecule has 6 heteroatoms. The molecule has 0 aromatic carbocycles. The number of rotatable bonds is 7. The molecule has 0 radical (unpaired) electrons. The molecular formula is C13H23N3O2S. The molecule has 5 nitrogen and oxygen atoms in total. The summed E-state index contributed by atoms with van der Waals surface area (Å²) < 4.78 is 10.4. The first-order valence-electron chi connectivity index (χ1n) is 6.68. The normalized spacial score (nSPS) is 19.3. The lowest BCUT2D eigenvalue weighted by Gasteiger charge is -2.13. The Hall–Kier alpha value is -0.690. The van der Waals surface area contributed by atoms with Crippen LogP contribution in [-0.2, 0) is 16.0 Å². The van der Waals surface area contributed by atoms with Gasteiger partial charge in [0.05, 0.1) is 18.4 Å². The van der Waals surface area contributed by atoms with Crippen LogP contribution in [-0.4, -0.2) is 51.5 Å². The van der Waals surface area contributed by atoms with Crippen molar-refractivity contribution in [2.75, 3.05) is 45.4 Å². The van der Waals surface area contributed by atoms with Crippen LogP contribution in [0.5, 0.6) is 0 Å². The second kappa shape index (κ2) is 7.19. The number of nitrogens with zero attached hydrogens (tertiary/aromatic N) is 2. The van der Waals surface area contributed by atoms with E-state index in [1.54, 1.807) is 25.6 Å². The van der Waals surface area contributed by atoms with Crippen molar-refractivity contribution in [1.29, 1.82) is 0 Å². The largest absolute Gasteiger partial charge is 0.383 e. The third-order valence-electron chi connectivity index (χ3n) is 3.40. The van der Waals surface area contributed by atoms with Crippen molar-refractivity contribution in [1.82, 2.24) is 10.3 Å². The van der Waals surface area contributed by atoms with Crippen molar-refractivity contribution in [3.63, 3.8) is 0 Å². The Morgan fingerprint density at radius 3 is 3.00 bits per heavy atom. The number of nitrogens with one attached hydrogen (secondary N) is 1. The van der Waals surface area contributed by atoms with Crippen LogP contribution in [0, 0.1) is 6.92 Å². The smallest absolute Gasteiger partial charge is 0.185 e. The molecule has 1 aliphatic heterocycles. The summed E-state index contributed by atoms with van der Waals surface area (Å²) in [7, 11) is 3.50. The molecule has 1 aromatic heterocycles. The first-order valence-corrected chi connectivity index (χ1v) is 7.50. The Bertz CT molecular complexity index is 397. The molecule has 2 rings (SSSR count). The van der Waals surface area contributed by atoms with Gasteiger partial charge in [0.25, 0.3) is 0 Å². The molecule has 2 heterocycles. The molecule has 108 valence electrons. The number of aryl methyl sites for hydroxylation is 1. The molecule has 0 spiro atoms. The van der Waals surface area contributed by atoms with Gasteiger partial charge < -0.3 is 19.7 Å². The molecule has 1 N–H and O–H groups in total. The quantitative estimate of drug-likeness (QED) is 0.768. The third-order valence-corrected chi connectivity index (χ3v) is 4.62. The van der Waals surface area contributed by atoms with E-state index in [2.05, 4.69) is 22.1 Å². The highest BCUT2D eigenvalue weighted by Crippen LogP contribution is 2.29. The van der Waals surface area contributed by atoms with Gasteiger partial charge in [0, 0.05) is 45.3 Å². The van der Waals surface area contributed by atoms with Crippen molar-refractivity contribution in [2.45, 2.75) is 26.0 Å². The molecular weight excluding hydrogens is 262 g/mol. The molecule has 0 amide bonds. The second-order valence-corrected chi connectivity index (χ2v) is 5.83. The van der Waals surface area contributed by atoms with E-state index in [0.717, 1.165) is 50.0 Å². The molecule has 0 bridgehead atoms. The van der Waals surface area contributed by atoms with Gasteiger partial charge in [-0.15, -0.1) is 11.3 Å². The standard InChI is InChI=1S/C13H23N3O2S/c1-10-12(8-14-5-7-17-2)19-13(15-10)16-6-4-11(9-16)18-3/h11,14H,4-9H2,1-3H3. The Labute approximate surface area is 118 Å². The van der Waals surface area contributed by atoms with Crippen LogP contribution in [0.1, 0.15) is 17.0 Å². The highest BCUT2D eigenvalue weighted by molar-refractivity contribution is 7.15. The molecule has 0 aliphatic carbocycles. The van der Waals surface area contributed by atoms with Gasteiger partial charge in [-0.1, -0.05) is 0 Å². The molecule has 1 fully saturated rings. The monoisotopic (exact) mass is 285 g/mol. The number of hydrogen-bond donors (Lipinski definition) is 1. The van der Waals surface area contributed by atoms with Crippen molar-refractivity contribution in [2.24, 2.45) is 0 Å². The fraction of sp³-hybridized carbons (Fsp3) is 0.769. The Morgan fingerprint density at radius 1 is 1.47 bits per heavy atom. The highest BCUT2D eigenvalue weighted by Gasteiger charge is 2.24. The van der Waals surface area contributed by atoms with E-state index >= 15 is 0 Å². The molecule has 1 saturated heterocycles. The van der Waals surface area contributed by atoms with E-state index in [9.17, 15) is 0 Å². The fourth-order valence-electron chi connectivity index (χ4n) is 2.18. The summed E-state index contributed by atoms with van der Waals surface area (Å²) in [6.07, 6.45) is 1.45. The van der Waals surface area contributed by atoms with Gasteiger partial charge in [0.2, 0.25) is 0 Å². The average molecular weight is 285 g/mol. The molecule has 1 aliphatic rings. The summed E-state index contributed by atoms with van der Waals surface area (Å²) in [6, 6.07) is 0. The third kappa shape index (κ3) is 3.89. The van der Waals surface area contributed by atoms with E-state index < -0.39 is 0 Å². The fourth-order valence-corrected chi connectivity index (χ4v) is 3.25. The zero-order chi connectivity index (χ0) is 13.7. The molecule has 1 atom stereocenters. The minimum absolute atomic E-state index is 0.354. The van der Waals surface area contributed by atoms with Crippen molar-refractivity contribution < 1.29 is 9.47 Å². The van der Waals surface area contributed by atoms with Gasteiger partial charge in [-0.2, -0.15) is 0 Å². The summed E-state index contributed by atoms with van der Waals surface area (Å²) in [5.74, 6) is 0. The number of thiazole rings is 1. The summed E-state index contributed by atoms with van der Waals surface area (Å²) in [5.41, 5.74) is 1.13. The Balaban J connectivity index is 1.89. The molecule has 1 unspecified atom stereocenters. The average Bonchev–Trinajstić information content (AvgIpc) is 3.01. The van der Waals surface area contributed by atoms with Crippen LogP contribution in [0.15, 0.2) is 0 Å². The minimum Gasteiger partial charge on any atom is -0.383 e. The molecule has 0 saturated carbocycles. The summed E-state index contributed by atoms with van der Waals surface area (Å²) in [5, 5.41) is 4.50. The summed E-state index contributed by atoms with van der Waals surface area (Å²) in [6.45, 7) is 6.57. The van der Waals surface area contributed by atoms with E-state index in [4.69, 9.17) is 9.47 Å². The Kier molecular flexibility index (Phi) is 5.57. The maximum atomic E-state index is 5.40. The van der Waals surface area contributed by atoms with Gasteiger partial charge in [-0.25, -0.2) is 4.98 Å². The van der Waals surface area contributed by atoms with Gasteiger partial charge in [-0.3, -0.25) is 0 Å². The molecule has 1 aromatic rings. The molecule has 19 heavy (non-hydrogen) atoms. The SMILES string of the molecule is COCCNCc1sc(N2CCC(OC)C2)nc1C. The predicted molar refractivity (Wildman–Crippen MR) is 78.1 cm³/mol. The maximum absolute atomic E-state index is 5.40. The first-order chi connectivity index (χ1) is 9.24. The first kappa shape index (κ1) is 14.7. The zero-order valence-electron chi connectivity index (χ0n) is 11.9. The number of methoxy groups -OCH3 is 2. The van der Waals surface area contributed by atoms with E-state index in [1.165, 1.54) is 4.88 Å². The van der Waals surface area contributed by atoms with Crippen LogP contribution >= 0.6 is 11.3 Å². The number of ether oxygens (including phenoxy) is 2. The van der Waals surface area contributed by atoms with Gasteiger partial charge in [0.1, 0.15) is 0 Å². The van der Waals surface area contributed by atoms with E-state index in [1.807, 2.05) is 0 Å². The van der Waals surface area contributed by atoms with E-state index in [0.29, 0.717) is 6.10 Å². The van der Waals surface area contributed by atoms with Crippen LogP contribution < -0.4 is 10.2 Å². The topological polar surface area (TPSA) is 46.6 Å². The van der Waals surface area contributed by atoms with Gasteiger partial charge in [-0.05, 0) is 13.3 Å². The number of anilines is 1. The lowest BCUT2D eigenvalue weighted by Crippen LogP contribution is -2.21. The second-order valence-electron chi connectivity index (χ2n) is 4.77. The minimum atomic E-state index is 0.354. The summed E-state index contributed by atoms with van der Waals surface area (Å²) >= 11 is 1.78. The van der Waals surface area contributed by atoms with Gasteiger partial charge in [0.15, 0.2) is 5.13 Å². The van der Waals surface area contributed by atoms with Crippen LogP contribution in [0.3, 0.4) is 0 Å². The van der Waals surface area contributed by atoms with Crippen LogP contribution in [0.2, 0.25) is 0 Å². The predicted octanol–water partition coefficient (Wildman–Crippen LogP) is 1.41. The van der Waals surface area contributed by atoms with E-state index in [-0.39, 0.29) is 0 Å². The lowest BCUT2D eigenvalue weighted by molar-refractivity contribution is 0.121. The number of aromatic nitrogens is 1. The highest BCUT2D eigenvalue weighted by atomic mass is 32.1. The Morgan fingerprint density at radius 2 is 2.32 bits per heavy atom. The van der Waals surface area contributed by atoms with Crippen LogP contribution in [0.4, 0.5) is 5.13 Å². The van der Waals surface area contributed by atoms with Crippen molar-refractivity contribution in [3.05, 3.63) is 10.6 Å². The van der Waals surface area contributed by atoms with Crippen molar-refractivity contribution >= 4 is 16.5 Å². The zero-order valence-corrected chi connectivity index (χ0v) is 12.8. The lowest BCUT2D eigenvalue weighted by atomic mass is 10.3. The van der Waals surface area contributed by atoms with Crippen LogP contribution in [0.25, 0.3) is 0 Å². The number of hydrogen-bond acceptors (Lipinski definition) is 6. The maximum Gasteiger partial charge on any atom is 0.185 e. The van der Waals surface area contributed by atoms with Crippen molar-refractivity contribution in [3.8, 4) is 0 Å². The summed E-state index contributed by atoms with van der Waals surface area (Å²) in [4.78, 5) is 8.31.